The van der Waals surface area contributed by atoms with Crippen LogP contribution in [0.2, 0.25) is 0 Å². The molecule has 7 heteroatoms. The van der Waals surface area contributed by atoms with Gasteiger partial charge in [-0.25, -0.2) is 0 Å². The molecule has 0 bridgehead atoms. The average Bonchev–Trinajstić information content (AvgIpc) is 3.42. The van der Waals surface area contributed by atoms with Crippen molar-refractivity contribution in [2.75, 3.05) is 33.4 Å². The molecule has 1 atom stereocenters. The zero-order valence-corrected chi connectivity index (χ0v) is 21.5. The summed E-state index contributed by atoms with van der Waals surface area (Å²) in [6.07, 6.45) is 1.08. The summed E-state index contributed by atoms with van der Waals surface area (Å²) in [4.78, 5) is 5.75. The van der Waals surface area contributed by atoms with E-state index in [0.717, 1.165) is 43.5 Å². The number of ether oxygens (including phenoxy) is 2. The fourth-order valence-electron chi connectivity index (χ4n) is 3.32. The van der Waals surface area contributed by atoms with Crippen molar-refractivity contribution < 1.29 is 9.47 Å². The lowest BCUT2D eigenvalue weighted by Gasteiger charge is -2.25. The Hall–Kier alpha value is -1.32. The second kappa shape index (κ2) is 11.9. The molecule has 5 nitrogen and oxygen atoms in total. The number of benzene rings is 1. The van der Waals surface area contributed by atoms with E-state index >= 15 is 0 Å². The van der Waals surface area contributed by atoms with Gasteiger partial charge in [0, 0.05) is 48.5 Å². The molecule has 1 unspecified atom stereocenters. The SMILES string of the molecule is CN=C(NCc1ccc(C)cc1OCC1CCOC1)NCC(C)(C)c1cccs1.I. The zero-order valence-electron chi connectivity index (χ0n) is 18.4. The number of hydrogen-bond donors (Lipinski definition) is 2. The second-order valence-electron chi connectivity index (χ2n) is 8.29. The summed E-state index contributed by atoms with van der Waals surface area (Å²) in [5.41, 5.74) is 2.38. The van der Waals surface area contributed by atoms with Crippen LogP contribution >= 0.6 is 35.3 Å². The predicted octanol–water partition coefficient (Wildman–Crippen LogP) is 4.73. The first-order valence-electron chi connectivity index (χ1n) is 10.3. The maximum Gasteiger partial charge on any atom is 0.191 e. The minimum Gasteiger partial charge on any atom is -0.493 e. The van der Waals surface area contributed by atoms with Crippen LogP contribution in [-0.2, 0) is 16.7 Å². The number of halogens is 1. The summed E-state index contributed by atoms with van der Waals surface area (Å²) in [5, 5.41) is 9.02. The van der Waals surface area contributed by atoms with Crippen LogP contribution in [-0.4, -0.2) is 39.4 Å². The lowest BCUT2D eigenvalue weighted by Crippen LogP contribution is -2.43. The Morgan fingerprint density at radius 3 is 2.80 bits per heavy atom. The van der Waals surface area contributed by atoms with Crippen molar-refractivity contribution >= 4 is 41.3 Å². The number of guanidine groups is 1. The number of aliphatic imine (C=N–C) groups is 1. The highest BCUT2D eigenvalue weighted by atomic mass is 127. The van der Waals surface area contributed by atoms with Gasteiger partial charge < -0.3 is 20.1 Å². The first kappa shape index (κ1) is 24.9. The molecule has 1 saturated heterocycles. The van der Waals surface area contributed by atoms with Crippen molar-refractivity contribution in [1.29, 1.82) is 0 Å². The van der Waals surface area contributed by atoms with E-state index in [-0.39, 0.29) is 29.4 Å². The van der Waals surface area contributed by atoms with Crippen LogP contribution in [0.1, 0.15) is 36.3 Å². The van der Waals surface area contributed by atoms with E-state index in [9.17, 15) is 0 Å². The normalized spacial score (nSPS) is 16.8. The molecule has 2 aromatic rings. The van der Waals surface area contributed by atoms with Gasteiger partial charge in [-0.3, -0.25) is 4.99 Å². The molecule has 1 aliphatic rings. The lowest BCUT2D eigenvalue weighted by atomic mass is 9.91. The van der Waals surface area contributed by atoms with E-state index in [1.54, 1.807) is 18.4 Å². The molecule has 1 aliphatic heterocycles. The molecule has 166 valence electrons. The Kier molecular flexibility index (Phi) is 9.90. The summed E-state index contributed by atoms with van der Waals surface area (Å²) in [6, 6.07) is 10.7. The van der Waals surface area contributed by atoms with Crippen molar-refractivity contribution in [2.45, 2.75) is 39.2 Å². The molecule has 0 radical (unpaired) electrons. The van der Waals surface area contributed by atoms with E-state index in [4.69, 9.17) is 9.47 Å². The van der Waals surface area contributed by atoms with Gasteiger partial charge in [0.25, 0.3) is 0 Å². The van der Waals surface area contributed by atoms with Crippen molar-refractivity contribution in [2.24, 2.45) is 10.9 Å². The maximum absolute atomic E-state index is 6.15. The maximum atomic E-state index is 6.15. The molecule has 0 spiro atoms. The van der Waals surface area contributed by atoms with Crippen LogP contribution in [0.25, 0.3) is 0 Å². The van der Waals surface area contributed by atoms with Crippen LogP contribution in [0, 0.1) is 12.8 Å². The summed E-state index contributed by atoms with van der Waals surface area (Å²) < 4.78 is 11.6. The third-order valence-electron chi connectivity index (χ3n) is 5.28. The number of nitrogens with one attached hydrogen (secondary N) is 2. The fraction of sp³-hybridized carbons (Fsp3) is 0.522. The number of aryl methyl sites for hydroxylation is 1. The lowest BCUT2D eigenvalue weighted by molar-refractivity contribution is 0.166. The Labute approximate surface area is 201 Å². The molecular formula is C23H34IN3O2S. The summed E-state index contributed by atoms with van der Waals surface area (Å²) in [7, 11) is 1.81. The number of rotatable bonds is 8. The van der Waals surface area contributed by atoms with Gasteiger partial charge >= 0.3 is 0 Å². The van der Waals surface area contributed by atoms with Crippen LogP contribution in [0.4, 0.5) is 0 Å². The third-order valence-corrected chi connectivity index (χ3v) is 6.51. The van der Waals surface area contributed by atoms with Crippen molar-refractivity contribution in [3.8, 4) is 5.75 Å². The van der Waals surface area contributed by atoms with E-state index in [0.29, 0.717) is 19.1 Å². The second-order valence-corrected chi connectivity index (χ2v) is 9.24. The minimum absolute atomic E-state index is 0. The van der Waals surface area contributed by atoms with Crippen molar-refractivity contribution in [3.05, 3.63) is 51.7 Å². The molecule has 2 N–H and O–H groups in total. The molecule has 1 aromatic heterocycles. The molecule has 2 heterocycles. The number of thiophene rings is 1. The predicted molar refractivity (Wildman–Crippen MR) is 137 cm³/mol. The standard InChI is InChI=1S/C23H33N3O2S.HI/c1-17-7-8-19(20(12-17)28-15-18-9-10-27-14-18)13-25-22(24-4)26-16-23(2,3)21-6-5-11-29-21;/h5-8,11-12,18H,9-10,13-16H2,1-4H3,(H2,24,25,26);1H. The van der Waals surface area contributed by atoms with E-state index in [1.807, 2.05) is 0 Å². The highest BCUT2D eigenvalue weighted by Gasteiger charge is 2.22. The molecule has 1 fully saturated rings. The first-order valence-corrected chi connectivity index (χ1v) is 11.1. The van der Waals surface area contributed by atoms with E-state index in [1.165, 1.54) is 10.4 Å². The van der Waals surface area contributed by atoms with Gasteiger partial charge in [0.05, 0.1) is 13.2 Å². The fourth-order valence-corrected chi connectivity index (χ4v) is 4.17. The van der Waals surface area contributed by atoms with Crippen LogP contribution in [0.15, 0.2) is 40.7 Å². The van der Waals surface area contributed by atoms with Crippen molar-refractivity contribution in [1.82, 2.24) is 10.6 Å². The Bertz CT molecular complexity index is 803. The molecule has 0 amide bonds. The van der Waals surface area contributed by atoms with Crippen LogP contribution in [0.3, 0.4) is 0 Å². The molecule has 1 aromatic carbocycles. The zero-order chi connectivity index (χ0) is 20.7. The number of nitrogens with zero attached hydrogens (tertiary/aromatic N) is 1. The van der Waals surface area contributed by atoms with Gasteiger partial charge in [0.15, 0.2) is 5.96 Å². The molecule has 0 saturated carbocycles. The highest BCUT2D eigenvalue weighted by Crippen LogP contribution is 2.26. The monoisotopic (exact) mass is 543 g/mol. The summed E-state index contributed by atoms with van der Waals surface area (Å²) in [5.74, 6) is 2.23. The van der Waals surface area contributed by atoms with Gasteiger partial charge in [-0.2, -0.15) is 0 Å². The Morgan fingerprint density at radius 1 is 1.30 bits per heavy atom. The Balaban J connectivity index is 0.00000320. The molecule has 30 heavy (non-hydrogen) atoms. The van der Waals surface area contributed by atoms with E-state index in [2.05, 4.69) is 72.1 Å². The van der Waals surface area contributed by atoms with Crippen LogP contribution < -0.4 is 15.4 Å². The van der Waals surface area contributed by atoms with Gasteiger partial charge in [0.2, 0.25) is 0 Å². The quantitative estimate of drug-likeness (QED) is 0.287. The van der Waals surface area contributed by atoms with Crippen LogP contribution in [0.5, 0.6) is 5.75 Å². The topological polar surface area (TPSA) is 54.9 Å². The van der Waals surface area contributed by atoms with Gasteiger partial charge in [-0.1, -0.05) is 32.0 Å². The number of hydrogen-bond acceptors (Lipinski definition) is 4. The first-order chi connectivity index (χ1) is 14.0. The van der Waals surface area contributed by atoms with Gasteiger partial charge in [-0.15, -0.1) is 35.3 Å². The smallest absolute Gasteiger partial charge is 0.191 e. The Morgan fingerprint density at radius 2 is 2.13 bits per heavy atom. The van der Waals surface area contributed by atoms with Crippen molar-refractivity contribution in [3.63, 3.8) is 0 Å². The summed E-state index contributed by atoms with van der Waals surface area (Å²) >= 11 is 1.79. The largest absolute Gasteiger partial charge is 0.493 e. The molecular weight excluding hydrogens is 509 g/mol. The molecule has 3 rings (SSSR count). The van der Waals surface area contributed by atoms with Gasteiger partial charge in [-0.05, 0) is 36.4 Å². The van der Waals surface area contributed by atoms with Gasteiger partial charge in [0.1, 0.15) is 5.75 Å². The highest BCUT2D eigenvalue weighted by molar-refractivity contribution is 14.0. The average molecular weight is 544 g/mol. The summed E-state index contributed by atoms with van der Waals surface area (Å²) in [6.45, 7) is 10.4. The third kappa shape index (κ3) is 7.13. The van der Waals surface area contributed by atoms with E-state index < -0.39 is 0 Å². The minimum atomic E-state index is 0. The molecule has 0 aliphatic carbocycles.